The highest BCUT2D eigenvalue weighted by Crippen LogP contribution is 2.48. The largest absolute Gasteiger partial charge is 0.394 e. The minimum Gasteiger partial charge on any atom is -0.394 e. The summed E-state index contributed by atoms with van der Waals surface area (Å²) in [7, 11) is 0. The maximum Gasteiger partial charge on any atom is 0.211 e. The fourth-order valence-electron chi connectivity index (χ4n) is 4.57. The van der Waals surface area contributed by atoms with Crippen molar-refractivity contribution in [2.45, 2.75) is 80.7 Å². The van der Waals surface area contributed by atoms with Gasteiger partial charge >= 0.3 is 0 Å². The van der Waals surface area contributed by atoms with Crippen molar-refractivity contribution in [1.29, 1.82) is 0 Å². The molecule has 1 amide bonds. The van der Waals surface area contributed by atoms with E-state index in [1.807, 2.05) is 0 Å². The third kappa shape index (κ3) is 4.94. The zero-order valence-electron chi connectivity index (χ0n) is 17.5. The Morgan fingerprint density at radius 1 is 1.32 bits per heavy atom. The molecule has 9 nitrogen and oxygen atoms in total. The van der Waals surface area contributed by atoms with Crippen molar-refractivity contribution in [3.8, 4) is 0 Å². The van der Waals surface area contributed by atoms with Crippen LogP contribution in [-0.4, -0.2) is 70.6 Å². The van der Waals surface area contributed by atoms with E-state index in [-0.39, 0.29) is 42.7 Å². The Labute approximate surface area is 191 Å². The summed E-state index contributed by atoms with van der Waals surface area (Å²) in [4.78, 5) is 20.0. The number of aromatic nitrogens is 2. The van der Waals surface area contributed by atoms with Crippen molar-refractivity contribution < 1.29 is 24.1 Å². The van der Waals surface area contributed by atoms with Crippen molar-refractivity contribution in [1.82, 2.24) is 9.97 Å². The van der Waals surface area contributed by atoms with Gasteiger partial charge in [-0.25, -0.2) is 9.97 Å². The average molecular weight is 473 g/mol. The van der Waals surface area contributed by atoms with Gasteiger partial charge in [-0.3, -0.25) is 4.79 Å². The smallest absolute Gasteiger partial charge is 0.211 e. The number of nitrogens with zero attached hydrogens (tertiary/aromatic N) is 2. The van der Waals surface area contributed by atoms with Crippen LogP contribution in [0, 0.1) is 0 Å². The van der Waals surface area contributed by atoms with E-state index in [1.165, 1.54) is 11.8 Å². The number of aliphatic hydroxyl groups is 1. The molecule has 4 rings (SSSR count). The number of hydrogen-bond donors (Lipinski definition) is 3. The number of halogens is 1. The molecule has 1 saturated heterocycles. The number of fused-ring (bicyclic) bond motifs is 1. The molecule has 0 bridgehead atoms. The summed E-state index contributed by atoms with van der Waals surface area (Å²) < 4.78 is 18.7. The lowest BCUT2D eigenvalue weighted by Gasteiger charge is -2.27. The maximum absolute atomic E-state index is 11.1. The van der Waals surface area contributed by atoms with Gasteiger partial charge < -0.3 is 30.0 Å². The molecule has 0 radical (unpaired) electrons. The quantitative estimate of drug-likeness (QED) is 0.204. The number of aliphatic hydroxyl groups excluding tert-OH is 1. The molecule has 2 aliphatic carbocycles. The number of ether oxygens (including phenoxy) is 3. The van der Waals surface area contributed by atoms with E-state index in [2.05, 4.69) is 27.5 Å². The predicted octanol–water partition coefficient (Wildman–Crippen LogP) is 2.82. The summed E-state index contributed by atoms with van der Waals surface area (Å²) in [6.45, 7) is 2.27. The van der Waals surface area contributed by atoms with Crippen LogP contribution in [-0.2, 0) is 19.0 Å². The van der Waals surface area contributed by atoms with Crippen LogP contribution in [0.3, 0.4) is 0 Å². The van der Waals surface area contributed by atoms with Gasteiger partial charge in [-0.1, -0.05) is 30.3 Å². The standard InChI is InChI=1S/C20H29ClN4O5S/c1-2-9-31-19-24-17(21)14(22-11-27)18(25-19)23-12-10-13(28-8-7-26)16-15(12)29-20(30-16)5-3-4-6-20/h11-13,15-16,26H,2-10H2,1H3,(H,22,27)(H,23,24,25). The molecule has 2 heterocycles. The predicted molar refractivity (Wildman–Crippen MR) is 118 cm³/mol. The molecular formula is C20H29ClN4O5S. The first kappa shape index (κ1) is 23.0. The molecule has 172 valence electrons. The van der Waals surface area contributed by atoms with Crippen molar-refractivity contribution in [2.24, 2.45) is 0 Å². The van der Waals surface area contributed by atoms with E-state index in [0.29, 0.717) is 29.5 Å². The number of hydrogen-bond acceptors (Lipinski definition) is 9. The molecule has 2 saturated carbocycles. The fraction of sp³-hybridized carbons (Fsp3) is 0.750. The minimum absolute atomic E-state index is 0.0507. The van der Waals surface area contributed by atoms with Crippen LogP contribution in [0.4, 0.5) is 11.5 Å². The second kappa shape index (κ2) is 10.2. The maximum atomic E-state index is 11.1. The van der Waals surface area contributed by atoms with Gasteiger partial charge in [0.15, 0.2) is 21.9 Å². The topological polar surface area (TPSA) is 115 Å². The highest BCUT2D eigenvalue weighted by atomic mass is 35.5. The molecule has 0 aromatic carbocycles. The minimum atomic E-state index is -0.550. The number of nitrogens with one attached hydrogen (secondary N) is 2. The first-order valence-electron chi connectivity index (χ1n) is 10.8. The Morgan fingerprint density at radius 2 is 2.10 bits per heavy atom. The number of thioether (sulfide) groups is 1. The number of carbonyl (C=O) groups is 1. The van der Waals surface area contributed by atoms with Crippen molar-refractivity contribution in [3.05, 3.63) is 5.15 Å². The molecule has 3 N–H and O–H groups in total. The molecule has 1 spiro atoms. The van der Waals surface area contributed by atoms with Gasteiger partial charge in [0.2, 0.25) is 6.41 Å². The molecule has 1 aromatic heterocycles. The monoisotopic (exact) mass is 472 g/mol. The summed E-state index contributed by atoms with van der Waals surface area (Å²) >= 11 is 7.86. The Balaban J connectivity index is 1.58. The van der Waals surface area contributed by atoms with Crippen LogP contribution >= 0.6 is 23.4 Å². The van der Waals surface area contributed by atoms with Gasteiger partial charge in [0.05, 0.1) is 25.4 Å². The second-order valence-electron chi connectivity index (χ2n) is 8.03. The Hall–Kier alpha value is -1.17. The van der Waals surface area contributed by atoms with E-state index in [0.717, 1.165) is 37.9 Å². The molecule has 31 heavy (non-hydrogen) atoms. The summed E-state index contributed by atoms with van der Waals surface area (Å²) in [5.74, 6) is 0.764. The summed E-state index contributed by atoms with van der Waals surface area (Å²) in [6, 6.07) is -0.157. The van der Waals surface area contributed by atoms with Crippen LogP contribution in [0.25, 0.3) is 0 Å². The number of anilines is 2. The molecule has 1 aliphatic heterocycles. The lowest BCUT2D eigenvalue weighted by atomic mass is 10.2. The Morgan fingerprint density at radius 3 is 2.81 bits per heavy atom. The van der Waals surface area contributed by atoms with Crippen molar-refractivity contribution >= 4 is 41.3 Å². The molecule has 11 heteroatoms. The van der Waals surface area contributed by atoms with Crippen LogP contribution in [0.2, 0.25) is 5.15 Å². The van der Waals surface area contributed by atoms with Gasteiger partial charge in [-0.15, -0.1) is 0 Å². The first-order chi connectivity index (χ1) is 15.1. The number of carbonyl (C=O) groups excluding carboxylic acids is 1. The second-order valence-corrected chi connectivity index (χ2v) is 9.45. The lowest BCUT2D eigenvalue weighted by Crippen LogP contribution is -2.35. The third-order valence-electron chi connectivity index (χ3n) is 5.87. The van der Waals surface area contributed by atoms with Gasteiger partial charge in [0.1, 0.15) is 17.9 Å². The molecule has 4 unspecified atom stereocenters. The van der Waals surface area contributed by atoms with Crippen LogP contribution in [0.1, 0.15) is 45.4 Å². The summed E-state index contributed by atoms with van der Waals surface area (Å²) in [5, 5.41) is 16.0. The SMILES string of the molecule is CCCSc1nc(Cl)c(NC=O)c(NC2CC(OCCO)C3OC4(CCCC4)OC23)n1. The van der Waals surface area contributed by atoms with E-state index in [4.69, 9.17) is 25.8 Å². The number of amides is 1. The lowest BCUT2D eigenvalue weighted by molar-refractivity contribution is -0.187. The van der Waals surface area contributed by atoms with Crippen LogP contribution < -0.4 is 10.6 Å². The van der Waals surface area contributed by atoms with Crippen LogP contribution in [0.15, 0.2) is 5.16 Å². The van der Waals surface area contributed by atoms with E-state index in [9.17, 15) is 9.90 Å². The fourth-order valence-corrected chi connectivity index (χ4v) is 5.54. The molecule has 4 atom stereocenters. The Kier molecular flexibility index (Phi) is 7.56. The van der Waals surface area contributed by atoms with E-state index in [1.54, 1.807) is 0 Å². The van der Waals surface area contributed by atoms with E-state index < -0.39 is 5.79 Å². The Bertz CT molecular complexity index is 782. The zero-order valence-corrected chi connectivity index (χ0v) is 19.1. The van der Waals surface area contributed by atoms with Gasteiger partial charge in [0, 0.05) is 18.6 Å². The molecular weight excluding hydrogens is 444 g/mol. The first-order valence-corrected chi connectivity index (χ1v) is 12.2. The summed E-state index contributed by atoms with van der Waals surface area (Å²) in [6.07, 6.45) is 5.38. The molecule has 1 aromatic rings. The van der Waals surface area contributed by atoms with Crippen molar-refractivity contribution in [3.63, 3.8) is 0 Å². The van der Waals surface area contributed by atoms with Gasteiger partial charge in [0.25, 0.3) is 0 Å². The molecule has 3 aliphatic rings. The van der Waals surface area contributed by atoms with E-state index >= 15 is 0 Å². The molecule has 3 fully saturated rings. The van der Waals surface area contributed by atoms with Crippen molar-refractivity contribution in [2.75, 3.05) is 29.6 Å². The third-order valence-corrected chi connectivity index (χ3v) is 7.19. The normalized spacial score (nSPS) is 28.7. The zero-order chi connectivity index (χ0) is 21.8. The summed E-state index contributed by atoms with van der Waals surface area (Å²) in [5.41, 5.74) is 0.336. The van der Waals surface area contributed by atoms with Gasteiger partial charge in [-0.2, -0.15) is 0 Å². The highest BCUT2D eigenvalue weighted by Gasteiger charge is 2.58. The van der Waals surface area contributed by atoms with Crippen LogP contribution in [0.5, 0.6) is 0 Å². The number of rotatable bonds is 10. The van der Waals surface area contributed by atoms with Gasteiger partial charge in [-0.05, 0) is 25.7 Å². The average Bonchev–Trinajstić information content (AvgIpc) is 3.45. The highest BCUT2D eigenvalue weighted by molar-refractivity contribution is 7.99.